The van der Waals surface area contributed by atoms with Gasteiger partial charge in [0.2, 0.25) is 5.78 Å². The van der Waals surface area contributed by atoms with Gasteiger partial charge in [-0.3, -0.25) is 4.79 Å². The molecule has 0 saturated heterocycles. The molecule has 0 aliphatic heterocycles. The van der Waals surface area contributed by atoms with Gasteiger partial charge in [0.25, 0.3) is 0 Å². The van der Waals surface area contributed by atoms with Gasteiger partial charge in [-0.15, -0.1) is 0 Å². The molecule has 3 aromatic carbocycles. The number of para-hydroxylation sites is 1. The molecule has 0 aliphatic rings. The molecule has 0 amide bonds. The summed E-state index contributed by atoms with van der Waals surface area (Å²) in [6, 6.07) is 19.1. The van der Waals surface area contributed by atoms with Crippen molar-refractivity contribution in [2.24, 2.45) is 0 Å². The van der Waals surface area contributed by atoms with Gasteiger partial charge in [0.1, 0.15) is 5.75 Å². The van der Waals surface area contributed by atoms with E-state index in [0.717, 1.165) is 33.0 Å². The lowest BCUT2D eigenvalue weighted by Crippen LogP contribution is -2.12. The minimum absolute atomic E-state index is 0.246. The van der Waals surface area contributed by atoms with Gasteiger partial charge in [-0.2, -0.15) is 0 Å². The van der Waals surface area contributed by atoms with Crippen molar-refractivity contribution in [3.05, 3.63) is 84.1 Å². The number of rotatable bonds is 6. The van der Waals surface area contributed by atoms with Gasteiger partial charge in [0, 0.05) is 28.7 Å². The molecule has 5 nitrogen and oxygen atoms in total. The number of aromatic amines is 1. The van der Waals surface area contributed by atoms with Crippen LogP contribution < -0.4 is 4.74 Å². The van der Waals surface area contributed by atoms with Crippen LogP contribution >= 0.6 is 0 Å². The third-order valence-corrected chi connectivity index (χ3v) is 4.72. The van der Waals surface area contributed by atoms with Crippen molar-refractivity contribution in [3.8, 4) is 5.75 Å². The number of H-pyrrole nitrogens is 1. The summed E-state index contributed by atoms with van der Waals surface area (Å²) in [4.78, 5) is 27.4. The number of esters is 1. The van der Waals surface area contributed by atoms with Gasteiger partial charge in [-0.05, 0) is 46.7 Å². The lowest BCUT2D eigenvalue weighted by molar-refractivity contribution is -0.136. The first kappa shape index (κ1) is 18.5. The molecular weight excluding hydrogens is 366 g/mol. The van der Waals surface area contributed by atoms with E-state index >= 15 is 0 Å². The van der Waals surface area contributed by atoms with E-state index < -0.39 is 5.97 Å². The summed E-state index contributed by atoms with van der Waals surface area (Å²) in [7, 11) is 1.63. The minimum atomic E-state index is -0.562. The van der Waals surface area contributed by atoms with Crippen LogP contribution in [0, 0.1) is 0 Å². The number of nitrogens with one attached hydrogen (secondary N) is 1. The van der Waals surface area contributed by atoms with Crippen molar-refractivity contribution in [1.29, 1.82) is 0 Å². The van der Waals surface area contributed by atoms with Crippen LogP contribution in [0.15, 0.2) is 72.9 Å². The SMILES string of the molecule is COc1ccc2cc(/C=C/C(=O)OCC(=O)c3c[nH]c4ccccc34)ccc2c1. The quantitative estimate of drug-likeness (QED) is 0.295. The second-order valence-corrected chi connectivity index (χ2v) is 6.58. The highest BCUT2D eigenvalue weighted by molar-refractivity contribution is 6.09. The number of carbonyl (C=O) groups is 2. The smallest absolute Gasteiger partial charge is 0.331 e. The maximum absolute atomic E-state index is 12.4. The fourth-order valence-corrected chi connectivity index (χ4v) is 3.20. The van der Waals surface area contributed by atoms with Crippen molar-refractivity contribution in [2.75, 3.05) is 13.7 Å². The van der Waals surface area contributed by atoms with Gasteiger partial charge < -0.3 is 14.5 Å². The Bertz CT molecular complexity index is 1240. The molecule has 4 aromatic rings. The van der Waals surface area contributed by atoms with Crippen molar-refractivity contribution in [1.82, 2.24) is 4.98 Å². The lowest BCUT2D eigenvalue weighted by Gasteiger charge is -2.04. The number of ketones is 1. The van der Waals surface area contributed by atoms with E-state index in [1.807, 2.05) is 60.7 Å². The number of fused-ring (bicyclic) bond motifs is 2. The monoisotopic (exact) mass is 385 g/mol. The second kappa shape index (κ2) is 8.02. The van der Waals surface area contributed by atoms with Gasteiger partial charge in [0.15, 0.2) is 6.61 Å². The Morgan fingerprint density at radius 1 is 1.00 bits per heavy atom. The molecule has 1 aromatic heterocycles. The highest BCUT2D eigenvalue weighted by Crippen LogP contribution is 2.22. The zero-order valence-corrected chi connectivity index (χ0v) is 15.8. The molecule has 0 fully saturated rings. The Morgan fingerprint density at radius 2 is 1.79 bits per heavy atom. The van der Waals surface area contributed by atoms with E-state index in [2.05, 4.69) is 4.98 Å². The van der Waals surface area contributed by atoms with E-state index in [1.165, 1.54) is 6.08 Å². The van der Waals surface area contributed by atoms with Crippen LogP contribution in [0.25, 0.3) is 27.8 Å². The van der Waals surface area contributed by atoms with Crippen LogP contribution in [0.2, 0.25) is 0 Å². The zero-order chi connectivity index (χ0) is 20.2. The van der Waals surface area contributed by atoms with Crippen LogP contribution in [-0.4, -0.2) is 30.5 Å². The van der Waals surface area contributed by atoms with Crippen molar-refractivity contribution < 1.29 is 19.1 Å². The molecular formula is C24H19NO4. The highest BCUT2D eigenvalue weighted by Gasteiger charge is 2.13. The summed E-state index contributed by atoms with van der Waals surface area (Å²) < 4.78 is 10.3. The molecule has 144 valence electrons. The average Bonchev–Trinajstić information content (AvgIpc) is 3.19. The summed E-state index contributed by atoms with van der Waals surface area (Å²) in [6.07, 6.45) is 4.64. The van der Waals surface area contributed by atoms with Crippen LogP contribution in [0.4, 0.5) is 0 Å². The molecule has 0 spiro atoms. The average molecular weight is 385 g/mol. The van der Waals surface area contributed by atoms with Crippen LogP contribution in [0.1, 0.15) is 15.9 Å². The topological polar surface area (TPSA) is 68.4 Å². The predicted molar refractivity (Wildman–Crippen MR) is 113 cm³/mol. The van der Waals surface area contributed by atoms with Crippen molar-refractivity contribution in [2.45, 2.75) is 0 Å². The Hall–Kier alpha value is -3.86. The second-order valence-electron chi connectivity index (χ2n) is 6.58. The number of hydrogen-bond donors (Lipinski definition) is 1. The zero-order valence-electron chi connectivity index (χ0n) is 15.8. The summed E-state index contributed by atoms with van der Waals surface area (Å²) >= 11 is 0. The summed E-state index contributed by atoms with van der Waals surface area (Å²) in [5, 5.41) is 2.90. The molecule has 29 heavy (non-hydrogen) atoms. The number of hydrogen-bond acceptors (Lipinski definition) is 4. The maximum atomic E-state index is 12.4. The van der Waals surface area contributed by atoms with E-state index in [9.17, 15) is 9.59 Å². The van der Waals surface area contributed by atoms with E-state index in [0.29, 0.717) is 5.56 Å². The number of methoxy groups -OCH3 is 1. The van der Waals surface area contributed by atoms with Gasteiger partial charge in [0.05, 0.1) is 7.11 Å². The number of ether oxygens (including phenoxy) is 2. The molecule has 4 rings (SSSR count). The van der Waals surface area contributed by atoms with Crippen molar-refractivity contribution >= 4 is 39.5 Å². The third kappa shape index (κ3) is 4.04. The molecule has 0 radical (unpaired) electrons. The standard InChI is InChI=1S/C24H19NO4/c1-28-19-10-9-17-12-16(6-8-18(17)13-19)7-11-24(27)29-15-23(26)21-14-25-22-5-3-2-4-20(21)22/h2-14,25H,15H2,1H3/b11-7+. The number of benzene rings is 3. The first-order valence-electron chi connectivity index (χ1n) is 9.16. The molecule has 5 heteroatoms. The lowest BCUT2D eigenvalue weighted by atomic mass is 10.1. The Labute approximate surface area is 167 Å². The maximum Gasteiger partial charge on any atom is 0.331 e. The van der Waals surface area contributed by atoms with E-state index in [4.69, 9.17) is 9.47 Å². The Balaban J connectivity index is 1.39. The largest absolute Gasteiger partial charge is 0.497 e. The molecule has 0 saturated carbocycles. The fourth-order valence-electron chi connectivity index (χ4n) is 3.20. The minimum Gasteiger partial charge on any atom is -0.497 e. The van der Waals surface area contributed by atoms with Crippen LogP contribution in [-0.2, 0) is 9.53 Å². The summed E-state index contributed by atoms with van der Waals surface area (Å²) in [5.74, 6) is -0.0129. The summed E-state index contributed by atoms with van der Waals surface area (Å²) in [5.41, 5.74) is 2.25. The van der Waals surface area contributed by atoms with Crippen LogP contribution in [0.3, 0.4) is 0 Å². The van der Waals surface area contributed by atoms with E-state index in [1.54, 1.807) is 19.4 Å². The highest BCUT2D eigenvalue weighted by atomic mass is 16.5. The first-order valence-corrected chi connectivity index (χ1v) is 9.16. The first-order chi connectivity index (χ1) is 14.1. The van der Waals surface area contributed by atoms with E-state index in [-0.39, 0.29) is 12.4 Å². The number of carbonyl (C=O) groups excluding carboxylic acids is 2. The van der Waals surface area contributed by atoms with Crippen LogP contribution in [0.5, 0.6) is 5.75 Å². The molecule has 1 heterocycles. The van der Waals surface area contributed by atoms with Gasteiger partial charge >= 0.3 is 5.97 Å². The summed E-state index contributed by atoms with van der Waals surface area (Å²) in [6.45, 7) is -0.303. The van der Waals surface area contributed by atoms with Gasteiger partial charge in [-0.25, -0.2) is 4.79 Å². The Morgan fingerprint density at radius 3 is 2.66 bits per heavy atom. The predicted octanol–water partition coefficient (Wildman–Crippen LogP) is 4.77. The molecule has 0 atom stereocenters. The Kier molecular flexibility index (Phi) is 5.12. The normalized spacial score (nSPS) is 11.2. The molecule has 0 aliphatic carbocycles. The van der Waals surface area contributed by atoms with Gasteiger partial charge in [-0.1, -0.05) is 36.4 Å². The third-order valence-electron chi connectivity index (χ3n) is 4.72. The molecule has 0 unspecified atom stereocenters. The molecule has 0 bridgehead atoms. The fraction of sp³-hybridized carbons (Fsp3) is 0.0833. The molecule has 1 N–H and O–H groups in total. The number of aromatic nitrogens is 1. The van der Waals surface area contributed by atoms with Crippen molar-refractivity contribution in [3.63, 3.8) is 0 Å². The number of Topliss-reactive ketones (excluding diaryl/α,β-unsaturated/α-hetero) is 1.